The van der Waals surface area contributed by atoms with Crippen LogP contribution in [0.5, 0.6) is 5.75 Å². The van der Waals surface area contributed by atoms with Crippen molar-refractivity contribution in [3.8, 4) is 5.75 Å². The molecule has 0 radical (unpaired) electrons. The highest BCUT2D eigenvalue weighted by atomic mass is 79.9. The fraction of sp³-hybridized carbons (Fsp3) is 0.154. The van der Waals surface area contributed by atoms with Crippen molar-refractivity contribution in [3.05, 3.63) is 45.4 Å². The van der Waals surface area contributed by atoms with Crippen molar-refractivity contribution in [1.82, 2.24) is 15.0 Å². The molecule has 8 heteroatoms. The van der Waals surface area contributed by atoms with E-state index in [0.29, 0.717) is 24.3 Å². The van der Waals surface area contributed by atoms with E-state index in [1.54, 1.807) is 10.9 Å². The molecule has 1 aromatic carbocycles. The Kier molecular flexibility index (Phi) is 3.61. The summed E-state index contributed by atoms with van der Waals surface area (Å²) in [7, 11) is 0. The second-order valence-corrected chi connectivity index (χ2v) is 5.33. The van der Waals surface area contributed by atoms with Crippen LogP contribution < -0.4 is 20.6 Å². The number of nitrogen functional groups attached to an aromatic ring is 1. The number of aromatic amines is 2. The summed E-state index contributed by atoms with van der Waals surface area (Å²) in [6.45, 7) is 0.952. The third kappa shape index (κ3) is 2.89. The lowest BCUT2D eigenvalue weighted by molar-refractivity contribution is -0.672. The van der Waals surface area contributed by atoms with E-state index in [1.807, 2.05) is 24.3 Å². The van der Waals surface area contributed by atoms with Gasteiger partial charge in [-0.3, -0.25) is 9.78 Å². The zero-order valence-electron chi connectivity index (χ0n) is 11.0. The lowest BCUT2D eigenvalue weighted by atomic mass is 10.3. The van der Waals surface area contributed by atoms with Crippen molar-refractivity contribution in [2.45, 2.75) is 6.54 Å². The number of rotatable bonds is 4. The second-order valence-electron chi connectivity index (χ2n) is 4.42. The van der Waals surface area contributed by atoms with E-state index in [1.165, 1.54) is 0 Å². The van der Waals surface area contributed by atoms with Gasteiger partial charge in [0.25, 0.3) is 11.2 Å². The maximum atomic E-state index is 11.9. The van der Waals surface area contributed by atoms with Crippen LogP contribution in [0, 0.1) is 0 Å². The van der Waals surface area contributed by atoms with E-state index in [9.17, 15) is 4.79 Å². The fourth-order valence-corrected chi connectivity index (χ4v) is 2.29. The third-order valence-corrected chi connectivity index (χ3v) is 3.50. The van der Waals surface area contributed by atoms with Crippen molar-refractivity contribution in [1.29, 1.82) is 0 Å². The number of nitrogens with one attached hydrogen (secondary N) is 2. The van der Waals surface area contributed by atoms with Gasteiger partial charge in [-0.1, -0.05) is 15.9 Å². The Bertz CT molecular complexity index is 825. The number of halogens is 1. The van der Waals surface area contributed by atoms with Crippen LogP contribution in [-0.4, -0.2) is 21.6 Å². The molecule has 2 heterocycles. The first kappa shape index (κ1) is 13.6. The van der Waals surface area contributed by atoms with Gasteiger partial charge in [-0.15, -0.1) is 0 Å². The molecular weight excluding hydrogens is 338 g/mol. The topological polar surface area (TPSA) is 101 Å². The number of fused-ring (bicyclic) bond motifs is 1. The van der Waals surface area contributed by atoms with Crippen LogP contribution in [-0.2, 0) is 6.54 Å². The zero-order valence-corrected chi connectivity index (χ0v) is 12.6. The van der Waals surface area contributed by atoms with Crippen molar-refractivity contribution in [3.63, 3.8) is 0 Å². The number of imidazole rings is 1. The smallest absolute Gasteiger partial charge is 0.304 e. The Morgan fingerprint density at radius 2 is 2.10 bits per heavy atom. The van der Waals surface area contributed by atoms with E-state index >= 15 is 0 Å². The number of hydrogen-bond acceptors (Lipinski definition) is 4. The zero-order chi connectivity index (χ0) is 14.8. The van der Waals surface area contributed by atoms with Crippen LogP contribution in [0.2, 0.25) is 0 Å². The molecule has 0 amide bonds. The molecule has 108 valence electrons. The summed E-state index contributed by atoms with van der Waals surface area (Å²) in [4.78, 5) is 21.3. The van der Waals surface area contributed by atoms with Crippen molar-refractivity contribution < 1.29 is 9.30 Å². The Hall–Kier alpha value is -2.35. The number of anilines is 1. The largest absolute Gasteiger partial charge is 0.489 e. The van der Waals surface area contributed by atoms with Crippen LogP contribution in [0.1, 0.15) is 0 Å². The van der Waals surface area contributed by atoms with Gasteiger partial charge in [0.2, 0.25) is 12.3 Å². The molecule has 0 unspecified atom stereocenters. The first-order valence-corrected chi connectivity index (χ1v) is 7.07. The summed E-state index contributed by atoms with van der Waals surface area (Å²) in [5.41, 5.74) is 6.13. The highest BCUT2D eigenvalue weighted by Crippen LogP contribution is 2.15. The van der Waals surface area contributed by atoms with E-state index in [2.05, 4.69) is 30.9 Å². The lowest BCUT2D eigenvalue weighted by Crippen LogP contribution is -2.38. The molecule has 0 bridgehead atoms. The molecule has 0 atom stereocenters. The number of ether oxygens (including phenoxy) is 1. The maximum absolute atomic E-state index is 11.9. The highest BCUT2D eigenvalue weighted by molar-refractivity contribution is 9.10. The SMILES string of the molecule is Nc1nc2[nH]c[n+](CCOc3ccc(Br)cc3)c2c(=O)[nH]1. The molecule has 0 saturated carbocycles. The normalized spacial score (nSPS) is 10.9. The minimum atomic E-state index is -0.276. The Morgan fingerprint density at radius 1 is 1.33 bits per heavy atom. The average molecular weight is 351 g/mol. The molecule has 21 heavy (non-hydrogen) atoms. The van der Waals surface area contributed by atoms with Gasteiger partial charge in [0.1, 0.15) is 18.9 Å². The lowest BCUT2D eigenvalue weighted by Gasteiger charge is -2.04. The molecule has 0 aliphatic rings. The van der Waals surface area contributed by atoms with Crippen LogP contribution in [0.4, 0.5) is 5.95 Å². The molecule has 0 aliphatic heterocycles. The van der Waals surface area contributed by atoms with Crippen LogP contribution in [0.25, 0.3) is 11.2 Å². The van der Waals surface area contributed by atoms with Gasteiger partial charge in [-0.25, -0.2) is 9.55 Å². The summed E-state index contributed by atoms with van der Waals surface area (Å²) in [5.74, 6) is 0.863. The van der Waals surface area contributed by atoms with E-state index in [-0.39, 0.29) is 11.5 Å². The van der Waals surface area contributed by atoms with Gasteiger partial charge >= 0.3 is 5.56 Å². The number of hydrogen-bond donors (Lipinski definition) is 3. The number of H-pyrrole nitrogens is 2. The molecule has 0 spiro atoms. The van der Waals surface area contributed by atoms with Crippen molar-refractivity contribution >= 4 is 33.0 Å². The summed E-state index contributed by atoms with van der Waals surface area (Å²) >= 11 is 3.37. The Balaban J connectivity index is 1.74. The third-order valence-electron chi connectivity index (χ3n) is 2.97. The maximum Gasteiger partial charge on any atom is 0.304 e. The number of nitrogens with zero attached hydrogens (tertiary/aromatic N) is 2. The van der Waals surface area contributed by atoms with E-state index in [4.69, 9.17) is 10.5 Å². The van der Waals surface area contributed by atoms with Gasteiger partial charge in [-0.2, -0.15) is 4.98 Å². The molecular formula is C13H13BrN5O2+. The number of benzene rings is 1. The van der Waals surface area contributed by atoms with E-state index in [0.717, 1.165) is 10.2 Å². The molecule has 0 aliphatic carbocycles. The highest BCUT2D eigenvalue weighted by Gasteiger charge is 2.15. The number of nitrogens with two attached hydrogens (primary N) is 1. The van der Waals surface area contributed by atoms with Crippen LogP contribution >= 0.6 is 15.9 Å². The molecule has 3 rings (SSSR count). The monoisotopic (exact) mass is 350 g/mol. The average Bonchev–Trinajstić information content (AvgIpc) is 2.84. The summed E-state index contributed by atoms with van der Waals surface area (Å²) in [6.07, 6.45) is 1.68. The van der Waals surface area contributed by atoms with E-state index < -0.39 is 0 Å². The summed E-state index contributed by atoms with van der Waals surface area (Å²) in [6, 6.07) is 7.56. The molecule has 7 nitrogen and oxygen atoms in total. The summed E-state index contributed by atoms with van der Waals surface area (Å²) in [5, 5.41) is 0. The molecule has 2 aromatic heterocycles. The van der Waals surface area contributed by atoms with Gasteiger partial charge in [0.05, 0.1) is 0 Å². The first-order valence-electron chi connectivity index (χ1n) is 6.28. The molecule has 0 fully saturated rings. The molecule has 3 aromatic rings. The molecule has 4 N–H and O–H groups in total. The fourth-order valence-electron chi connectivity index (χ4n) is 2.02. The van der Waals surface area contributed by atoms with Crippen molar-refractivity contribution in [2.24, 2.45) is 0 Å². The predicted molar refractivity (Wildman–Crippen MR) is 81.0 cm³/mol. The minimum Gasteiger partial charge on any atom is -0.489 e. The van der Waals surface area contributed by atoms with Gasteiger partial charge < -0.3 is 10.5 Å². The predicted octanol–water partition coefficient (Wildman–Crippen LogP) is 0.962. The summed E-state index contributed by atoms with van der Waals surface area (Å²) < 4.78 is 8.38. The van der Waals surface area contributed by atoms with Gasteiger partial charge in [0, 0.05) is 4.47 Å². The quantitative estimate of drug-likeness (QED) is 0.610. The van der Waals surface area contributed by atoms with Gasteiger partial charge in [-0.05, 0) is 24.3 Å². The minimum absolute atomic E-state index is 0.0904. The number of aromatic nitrogens is 4. The first-order chi connectivity index (χ1) is 10.1. The standard InChI is InChI=1S/C13H12BrN5O2/c14-8-1-3-9(4-2-8)21-6-5-19-7-16-11-10(19)12(20)18-13(15)17-11/h1-4,7H,5-6H2,(H3,15,17,18,20)/p+1. The second kappa shape index (κ2) is 5.57. The van der Waals surface area contributed by atoms with Crippen molar-refractivity contribution in [2.75, 3.05) is 12.3 Å². The van der Waals surface area contributed by atoms with Crippen LogP contribution in [0.15, 0.2) is 39.9 Å². The van der Waals surface area contributed by atoms with Gasteiger partial charge in [0.15, 0.2) is 0 Å². The van der Waals surface area contributed by atoms with Crippen LogP contribution in [0.3, 0.4) is 0 Å². The Labute approximate surface area is 127 Å². The Morgan fingerprint density at radius 3 is 2.86 bits per heavy atom. The molecule has 0 saturated heterocycles.